The highest BCUT2D eigenvalue weighted by molar-refractivity contribution is 6.11. The fourth-order valence-corrected chi connectivity index (χ4v) is 2.49. The number of nitrogens with zero attached hydrogens (tertiary/aromatic N) is 1. The molecule has 0 aliphatic heterocycles. The van der Waals surface area contributed by atoms with E-state index in [-0.39, 0.29) is 5.91 Å². The molecule has 0 bridgehead atoms. The van der Waals surface area contributed by atoms with Crippen molar-refractivity contribution in [3.8, 4) is 0 Å². The van der Waals surface area contributed by atoms with Gasteiger partial charge in [-0.3, -0.25) is 4.79 Å². The number of carbonyl (C=O) groups excluding carboxylic acids is 1. The van der Waals surface area contributed by atoms with Gasteiger partial charge in [0, 0.05) is 5.56 Å². The van der Waals surface area contributed by atoms with Crippen LogP contribution in [0.4, 0.5) is 0 Å². The maximum absolute atomic E-state index is 12.2. The SMILES string of the molecule is O=C(Cc1ccccc1)N/N=C(\C=C/c1ccccc1)c1ccccc1. The zero-order chi connectivity index (χ0) is 18.0. The van der Waals surface area contributed by atoms with Crippen LogP contribution < -0.4 is 5.43 Å². The van der Waals surface area contributed by atoms with Crippen LogP contribution >= 0.6 is 0 Å². The van der Waals surface area contributed by atoms with Crippen LogP contribution in [0.15, 0.2) is 102 Å². The molecule has 0 saturated heterocycles. The Morgan fingerprint density at radius 2 is 1.38 bits per heavy atom. The molecule has 0 unspecified atom stereocenters. The van der Waals surface area contributed by atoms with Crippen LogP contribution in [0.25, 0.3) is 6.08 Å². The van der Waals surface area contributed by atoms with Crippen LogP contribution in [0, 0.1) is 0 Å². The minimum atomic E-state index is -0.141. The first-order valence-electron chi connectivity index (χ1n) is 8.50. The van der Waals surface area contributed by atoms with Gasteiger partial charge >= 0.3 is 0 Å². The first-order valence-corrected chi connectivity index (χ1v) is 8.50. The Morgan fingerprint density at radius 3 is 2.04 bits per heavy atom. The largest absolute Gasteiger partial charge is 0.273 e. The van der Waals surface area contributed by atoms with Crippen molar-refractivity contribution in [1.29, 1.82) is 0 Å². The molecular formula is C23H20N2O. The van der Waals surface area contributed by atoms with Gasteiger partial charge in [-0.1, -0.05) is 97.1 Å². The average molecular weight is 340 g/mol. The Bertz CT molecular complexity index is 885. The van der Waals surface area contributed by atoms with Gasteiger partial charge in [0.05, 0.1) is 12.1 Å². The molecule has 0 aliphatic rings. The average Bonchev–Trinajstić information content (AvgIpc) is 2.70. The topological polar surface area (TPSA) is 41.5 Å². The Labute approximate surface area is 153 Å². The molecule has 1 amide bonds. The molecule has 1 N–H and O–H groups in total. The summed E-state index contributed by atoms with van der Waals surface area (Å²) >= 11 is 0. The molecule has 0 aliphatic carbocycles. The van der Waals surface area contributed by atoms with E-state index in [0.29, 0.717) is 12.1 Å². The van der Waals surface area contributed by atoms with Gasteiger partial charge in [0.25, 0.3) is 0 Å². The number of amides is 1. The summed E-state index contributed by atoms with van der Waals surface area (Å²) in [6.07, 6.45) is 4.19. The van der Waals surface area contributed by atoms with E-state index < -0.39 is 0 Å². The lowest BCUT2D eigenvalue weighted by Gasteiger charge is -2.04. The fourth-order valence-electron chi connectivity index (χ4n) is 2.49. The molecule has 0 fully saturated rings. The maximum Gasteiger partial charge on any atom is 0.244 e. The number of rotatable bonds is 6. The predicted molar refractivity (Wildman–Crippen MR) is 107 cm³/mol. The van der Waals surface area contributed by atoms with Gasteiger partial charge in [-0.15, -0.1) is 0 Å². The Morgan fingerprint density at radius 1 is 0.808 bits per heavy atom. The second-order valence-corrected chi connectivity index (χ2v) is 5.80. The zero-order valence-corrected chi connectivity index (χ0v) is 14.4. The van der Waals surface area contributed by atoms with E-state index in [1.807, 2.05) is 103 Å². The van der Waals surface area contributed by atoms with Crippen LogP contribution in [0.1, 0.15) is 16.7 Å². The van der Waals surface area contributed by atoms with Gasteiger partial charge in [-0.25, -0.2) is 5.43 Å². The molecule has 3 rings (SSSR count). The van der Waals surface area contributed by atoms with E-state index in [1.165, 1.54) is 0 Å². The van der Waals surface area contributed by atoms with Crippen molar-refractivity contribution >= 4 is 17.7 Å². The van der Waals surface area contributed by atoms with Crippen LogP contribution in [0.5, 0.6) is 0 Å². The molecule has 0 spiro atoms. The highest BCUT2D eigenvalue weighted by atomic mass is 16.2. The molecule has 3 aromatic rings. The molecule has 0 aromatic heterocycles. The third-order valence-electron chi connectivity index (χ3n) is 3.81. The number of allylic oxidation sites excluding steroid dienone is 1. The van der Waals surface area contributed by atoms with Gasteiger partial charge < -0.3 is 0 Å². The zero-order valence-electron chi connectivity index (χ0n) is 14.4. The number of hydrogen-bond donors (Lipinski definition) is 1. The summed E-state index contributed by atoms with van der Waals surface area (Å²) in [5, 5.41) is 4.34. The molecule has 26 heavy (non-hydrogen) atoms. The van der Waals surface area contributed by atoms with E-state index in [1.54, 1.807) is 0 Å². The first-order chi connectivity index (χ1) is 12.8. The third kappa shape index (κ3) is 5.28. The summed E-state index contributed by atoms with van der Waals surface area (Å²) in [7, 11) is 0. The first kappa shape index (κ1) is 17.4. The minimum Gasteiger partial charge on any atom is -0.273 e. The van der Waals surface area contributed by atoms with Crippen LogP contribution in [-0.2, 0) is 11.2 Å². The summed E-state index contributed by atoms with van der Waals surface area (Å²) in [5.41, 5.74) is 6.35. The summed E-state index contributed by atoms with van der Waals surface area (Å²) < 4.78 is 0. The number of nitrogens with one attached hydrogen (secondary N) is 1. The molecule has 0 radical (unpaired) electrons. The van der Waals surface area contributed by atoms with E-state index in [4.69, 9.17) is 0 Å². The lowest BCUT2D eigenvalue weighted by molar-refractivity contribution is -0.120. The summed E-state index contributed by atoms with van der Waals surface area (Å²) in [6, 6.07) is 29.4. The van der Waals surface area contributed by atoms with Crippen molar-refractivity contribution in [2.75, 3.05) is 0 Å². The number of carbonyl (C=O) groups is 1. The minimum absolute atomic E-state index is 0.141. The third-order valence-corrected chi connectivity index (χ3v) is 3.81. The van der Waals surface area contributed by atoms with E-state index >= 15 is 0 Å². The highest BCUT2D eigenvalue weighted by Crippen LogP contribution is 2.07. The summed E-state index contributed by atoms with van der Waals surface area (Å²) in [6.45, 7) is 0. The Hall–Kier alpha value is -3.46. The standard InChI is InChI=1S/C23H20N2O/c26-23(18-20-12-6-2-7-13-20)25-24-22(21-14-8-3-9-15-21)17-16-19-10-4-1-5-11-19/h1-17H,18H2,(H,25,26)/b17-16-,24-22+. The molecule has 3 aromatic carbocycles. The molecular weight excluding hydrogens is 320 g/mol. The number of hydrogen-bond acceptors (Lipinski definition) is 2. The van der Waals surface area contributed by atoms with Crippen molar-refractivity contribution in [3.63, 3.8) is 0 Å². The van der Waals surface area contributed by atoms with Crippen molar-refractivity contribution in [2.45, 2.75) is 6.42 Å². The van der Waals surface area contributed by atoms with Crippen molar-refractivity contribution in [2.24, 2.45) is 5.10 Å². The normalized spacial score (nSPS) is 11.5. The number of hydrazone groups is 1. The maximum atomic E-state index is 12.2. The van der Waals surface area contributed by atoms with Gasteiger partial charge in [-0.05, 0) is 17.2 Å². The van der Waals surface area contributed by atoms with Gasteiger partial charge in [0.1, 0.15) is 0 Å². The molecule has 0 saturated carbocycles. The monoisotopic (exact) mass is 340 g/mol. The van der Waals surface area contributed by atoms with Crippen molar-refractivity contribution in [1.82, 2.24) is 5.43 Å². The Kier molecular flexibility index (Phi) is 6.10. The van der Waals surface area contributed by atoms with Crippen LogP contribution in [-0.4, -0.2) is 11.6 Å². The van der Waals surface area contributed by atoms with Crippen LogP contribution in [0.2, 0.25) is 0 Å². The Balaban J connectivity index is 1.75. The van der Waals surface area contributed by atoms with Crippen molar-refractivity contribution < 1.29 is 4.79 Å². The van der Waals surface area contributed by atoms with E-state index in [9.17, 15) is 4.79 Å². The van der Waals surface area contributed by atoms with E-state index in [2.05, 4.69) is 10.5 Å². The lowest BCUT2D eigenvalue weighted by atomic mass is 10.1. The second-order valence-electron chi connectivity index (χ2n) is 5.80. The highest BCUT2D eigenvalue weighted by Gasteiger charge is 2.04. The quantitative estimate of drug-likeness (QED) is 0.522. The molecule has 0 heterocycles. The van der Waals surface area contributed by atoms with Gasteiger partial charge in [0.15, 0.2) is 0 Å². The van der Waals surface area contributed by atoms with Crippen LogP contribution in [0.3, 0.4) is 0 Å². The predicted octanol–water partition coefficient (Wildman–Crippen LogP) is 4.46. The molecule has 3 nitrogen and oxygen atoms in total. The van der Waals surface area contributed by atoms with E-state index in [0.717, 1.165) is 16.7 Å². The van der Waals surface area contributed by atoms with Crippen molar-refractivity contribution in [3.05, 3.63) is 114 Å². The summed E-state index contributed by atoms with van der Waals surface area (Å²) in [4.78, 5) is 12.2. The smallest absolute Gasteiger partial charge is 0.244 e. The molecule has 0 atom stereocenters. The lowest BCUT2D eigenvalue weighted by Crippen LogP contribution is -2.21. The number of benzene rings is 3. The second kappa shape index (κ2) is 9.14. The molecule has 3 heteroatoms. The van der Waals surface area contributed by atoms with Gasteiger partial charge in [0.2, 0.25) is 5.91 Å². The van der Waals surface area contributed by atoms with Gasteiger partial charge in [-0.2, -0.15) is 5.10 Å². The fraction of sp³-hybridized carbons (Fsp3) is 0.0435. The summed E-state index contributed by atoms with van der Waals surface area (Å²) in [5.74, 6) is -0.141. The molecule has 128 valence electrons.